The molecule has 0 radical (unpaired) electrons. The first-order valence-corrected chi connectivity index (χ1v) is 11.9. The van der Waals surface area contributed by atoms with Gasteiger partial charge in [-0.25, -0.2) is 13.5 Å². The molecule has 0 aliphatic heterocycles. The number of nitrogens with one attached hydrogen (secondary N) is 1. The molecular weight excluding hydrogens is 482 g/mol. The standard InChI is InChI=1S/C22H23N3O7S2/c1-14-21(33-22(23-14)24-15(2)26)25(34(29)30)17-7-9-18(10-8-17)31-11-12-32-19-6-4-3-5-16(19)13-20(27)28/h3-10H,11-13H2,1-2H3,(H,27,28)(H,29,30)(H,23,24,26). The number of carboxylic acid groups (broad SMARTS) is 1. The summed E-state index contributed by atoms with van der Waals surface area (Å²) in [5.41, 5.74) is 1.52. The van der Waals surface area contributed by atoms with Gasteiger partial charge >= 0.3 is 5.97 Å². The highest BCUT2D eigenvalue weighted by Crippen LogP contribution is 2.37. The van der Waals surface area contributed by atoms with Crippen LogP contribution in [0.1, 0.15) is 18.2 Å². The van der Waals surface area contributed by atoms with Gasteiger partial charge in [0.05, 0.1) is 17.8 Å². The van der Waals surface area contributed by atoms with Gasteiger partial charge in [-0.3, -0.25) is 14.1 Å². The van der Waals surface area contributed by atoms with Gasteiger partial charge < -0.3 is 19.9 Å². The Morgan fingerprint density at radius 3 is 2.44 bits per heavy atom. The van der Waals surface area contributed by atoms with Gasteiger partial charge in [-0.1, -0.05) is 29.5 Å². The molecule has 10 nitrogen and oxygen atoms in total. The van der Waals surface area contributed by atoms with Gasteiger partial charge in [0, 0.05) is 12.5 Å². The van der Waals surface area contributed by atoms with Crippen LogP contribution in [-0.2, 0) is 27.3 Å². The summed E-state index contributed by atoms with van der Waals surface area (Å²) in [6, 6.07) is 13.5. The number of rotatable bonds is 11. The topological polar surface area (TPSA) is 138 Å². The molecule has 3 rings (SSSR count). The Labute approximate surface area is 202 Å². The molecule has 34 heavy (non-hydrogen) atoms. The minimum absolute atomic E-state index is 0.132. The van der Waals surface area contributed by atoms with Crippen molar-refractivity contribution in [3.63, 3.8) is 0 Å². The van der Waals surface area contributed by atoms with Gasteiger partial charge in [-0.2, -0.15) is 0 Å². The average Bonchev–Trinajstić information content (AvgIpc) is 3.11. The minimum atomic E-state index is -2.37. The summed E-state index contributed by atoms with van der Waals surface area (Å²) >= 11 is -1.28. The molecule has 0 aliphatic carbocycles. The normalized spacial score (nSPS) is 11.5. The van der Waals surface area contributed by atoms with E-state index in [-0.39, 0.29) is 25.5 Å². The lowest BCUT2D eigenvalue weighted by Gasteiger charge is -2.19. The molecule has 0 aliphatic rings. The zero-order valence-corrected chi connectivity index (χ0v) is 20.0. The van der Waals surface area contributed by atoms with Crippen LogP contribution in [0.4, 0.5) is 15.8 Å². The molecular formula is C22H23N3O7S2. The first kappa shape index (κ1) is 25.1. The summed E-state index contributed by atoms with van der Waals surface area (Å²) in [7, 11) is 0. The van der Waals surface area contributed by atoms with Crippen LogP contribution < -0.4 is 19.1 Å². The second kappa shape index (κ2) is 11.6. The molecule has 3 N–H and O–H groups in total. The molecule has 0 spiro atoms. The average molecular weight is 506 g/mol. The summed E-state index contributed by atoms with van der Waals surface area (Å²) in [4.78, 5) is 26.5. The third-order valence-electron chi connectivity index (χ3n) is 4.39. The predicted molar refractivity (Wildman–Crippen MR) is 129 cm³/mol. The van der Waals surface area contributed by atoms with E-state index < -0.39 is 17.2 Å². The molecule has 0 fully saturated rings. The van der Waals surface area contributed by atoms with Crippen molar-refractivity contribution in [3.8, 4) is 11.5 Å². The smallest absolute Gasteiger partial charge is 0.307 e. The van der Waals surface area contributed by atoms with Gasteiger partial charge in [0.2, 0.25) is 5.91 Å². The number of thiazole rings is 1. The van der Waals surface area contributed by atoms with Crippen LogP contribution in [-0.4, -0.2) is 43.9 Å². The highest BCUT2D eigenvalue weighted by atomic mass is 32.2. The maximum Gasteiger partial charge on any atom is 0.307 e. The largest absolute Gasteiger partial charge is 0.490 e. The molecule has 1 aromatic heterocycles. The Balaban J connectivity index is 1.62. The van der Waals surface area contributed by atoms with E-state index in [0.29, 0.717) is 38.6 Å². The number of carbonyl (C=O) groups is 2. The fraction of sp³-hybridized carbons (Fsp3) is 0.227. The van der Waals surface area contributed by atoms with Crippen molar-refractivity contribution in [3.05, 3.63) is 59.8 Å². The zero-order chi connectivity index (χ0) is 24.7. The number of aliphatic carboxylic acids is 1. The predicted octanol–water partition coefficient (Wildman–Crippen LogP) is 3.77. The molecule has 1 heterocycles. The van der Waals surface area contributed by atoms with Gasteiger partial charge in [-0.05, 0) is 37.3 Å². The van der Waals surface area contributed by atoms with E-state index in [1.54, 1.807) is 55.5 Å². The number of nitrogens with zero attached hydrogens (tertiary/aromatic N) is 2. The molecule has 180 valence electrons. The zero-order valence-electron chi connectivity index (χ0n) is 18.4. The maximum atomic E-state index is 12.1. The van der Waals surface area contributed by atoms with Gasteiger partial charge in [0.1, 0.15) is 29.7 Å². The van der Waals surface area contributed by atoms with Crippen molar-refractivity contribution in [1.82, 2.24) is 4.98 Å². The van der Waals surface area contributed by atoms with Crippen molar-refractivity contribution in [2.45, 2.75) is 20.3 Å². The van der Waals surface area contributed by atoms with Crippen LogP contribution in [0.5, 0.6) is 11.5 Å². The van der Waals surface area contributed by atoms with E-state index in [4.69, 9.17) is 14.6 Å². The van der Waals surface area contributed by atoms with Crippen LogP contribution >= 0.6 is 11.3 Å². The van der Waals surface area contributed by atoms with E-state index in [1.807, 2.05) is 0 Å². The van der Waals surface area contributed by atoms with E-state index >= 15 is 0 Å². The van der Waals surface area contributed by atoms with Crippen LogP contribution in [0.3, 0.4) is 0 Å². The molecule has 3 aromatic rings. The lowest BCUT2D eigenvalue weighted by molar-refractivity contribution is -0.136. The summed E-state index contributed by atoms with van der Waals surface area (Å²) < 4.78 is 34.4. The molecule has 1 unspecified atom stereocenters. The third kappa shape index (κ3) is 6.76. The molecule has 0 bridgehead atoms. The molecule has 12 heteroatoms. The number of para-hydroxylation sites is 1. The minimum Gasteiger partial charge on any atom is -0.490 e. The van der Waals surface area contributed by atoms with Crippen molar-refractivity contribution in [2.24, 2.45) is 0 Å². The van der Waals surface area contributed by atoms with Crippen LogP contribution in [0.2, 0.25) is 0 Å². The van der Waals surface area contributed by atoms with E-state index in [2.05, 4.69) is 10.3 Å². The first-order chi connectivity index (χ1) is 16.2. The molecule has 1 amide bonds. The van der Waals surface area contributed by atoms with Crippen LogP contribution in [0, 0.1) is 6.92 Å². The molecule has 0 saturated carbocycles. The van der Waals surface area contributed by atoms with Crippen molar-refractivity contribution in [1.29, 1.82) is 0 Å². The second-order valence-corrected chi connectivity index (χ2v) is 8.79. The Hall–Kier alpha value is -3.48. The van der Waals surface area contributed by atoms with Crippen LogP contribution in [0.15, 0.2) is 48.5 Å². The number of anilines is 3. The van der Waals surface area contributed by atoms with Gasteiger partial charge in [-0.15, -0.1) is 0 Å². The number of benzene rings is 2. The number of carbonyl (C=O) groups excluding carboxylic acids is 1. The Bertz CT molecular complexity index is 1180. The fourth-order valence-corrected chi connectivity index (χ4v) is 4.82. The third-order valence-corrected chi connectivity index (χ3v) is 6.27. The number of aryl methyl sites for hydroxylation is 1. The summed E-state index contributed by atoms with van der Waals surface area (Å²) in [5.74, 6) is -0.212. The Morgan fingerprint density at radius 1 is 1.12 bits per heavy atom. The van der Waals surface area contributed by atoms with Crippen molar-refractivity contribution >= 4 is 50.3 Å². The van der Waals surface area contributed by atoms with Gasteiger partial charge in [0.25, 0.3) is 11.3 Å². The lowest BCUT2D eigenvalue weighted by Crippen LogP contribution is -2.19. The van der Waals surface area contributed by atoms with Crippen molar-refractivity contribution in [2.75, 3.05) is 22.8 Å². The Kier molecular flexibility index (Phi) is 8.57. The number of ether oxygens (including phenoxy) is 2. The summed E-state index contributed by atoms with van der Waals surface area (Å²) in [5, 5.41) is 12.3. The van der Waals surface area contributed by atoms with Crippen LogP contribution in [0.25, 0.3) is 0 Å². The lowest BCUT2D eigenvalue weighted by atomic mass is 10.1. The van der Waals surface area contributed by atoms with E-state index in [9.17, 15) is 18.4 Å². The Morgan fingerprint density at radius 2 is 1.79 bits per heavy atom. The number of amides is 1. The first-order valence-electron chi connectivity index (χ1n) is 10.1. The molecule has 1 atom stereocenters. The highest BCUT2D eigenvalue weighted by molar-refractivity contribution is 7.81. The maximum absolute atomic E-state index is 12.1. The summed E-state index contributed by atoms with van der Waals surface area (Å²) in [6.45, 7) is 3.46. The number of carboxylic acids is 1. The van der Waals surface area contributed by atoms with E-state index in [0.717, 1.165) is 11.3 Å². The SMILES string of the molecule is CC(=O)Nc1nc(C)c(N(c2ccc(OCCOc3ccccc3CC(=O)O)cc2)S(=O)O)s1. The quantitative estimate of drug-likeness (QED) is 0.264. The van der Waals surface area contributed by atoms with Gasteiger partial charge in [0.15, 0.2) is 5.13 Å². The summed E-state index contributed by atoms with van der Waals surface area (Å²) in [6.07, 6.45) is -0.132. The van der Waals surface area contributed by atoms with E-state index in [1.165, 1.54) is 11.2 Å². The van der Waals surface area contributed by atoms with Crippen molar-refractivity contribution < 1.29 is 32.9 Å². The second-order valence-electron chi connectivity index (χ2n) is 6.98. The monoisotopic (exact) mass is 505 g/mol. The molecule has 2 aromatic carbocycles. The fourth-order valence-electron chi connectivity index (χ4n) is 3.00. The number of aromatic nitrogens is 1. The highest BCUT2D eigenvalue weighted by Gasteiger charge is 2.22. The molecule has 0 saturated heterocycles. The number of hydrogen-bond acceptors (Lipinski definition) is 7. The number of hydrogen-bond donors (Lipinski definition) is 3.